The van der Waals surface area contributed by atoms with E-state index in [0.29, 0.717) is 17.4 Å². The van der Waals surface area contributed by atoms with Crippen LogP contribution in [0.1, 0.15) is 96.8 Å². The minimum Gasteiger partial charge on any atom is -0.410 e. The largest absolute Gasteiger partial charge is 0.417 e. The minimum atomic E-state index is -0.448. The van der Waals surface area contributed by atoms with E-state index in [1.807, 2.05) is 19.1 Å². The Kier molecular flexibility index (Phi) is 8.28. The van der Waals surface area contributed by atoms with Gasteiger partial charge in [0.25, 0.3) is 0 Å². The van der Waals surface area contributed by atoms with Gasteiger partial charge in [-0.3, -0.25) is 10.3 Å². The molecule has 2 aliphatic carbocycles. The number of rotatable bonds is 8. The number of hydrogen-bond donors (Lipinski definition) is 1. The molecule has 1 unspecified atom stereocenters. The van der Waals surface area contributed by atoms with Gasteiger partial charge in [0.15, 0.2) is 0 Å². The number of unbranched alkanes of at least 4 members (excludes halogenated alkanes) is 1. The topological polar surface area (TPSA) is 51.2 Å². The van der Waals surface area contributed by atoms with Gasteiger partial charge in [-0.2, -0.15) is 0 Å². The Morgan fingerprint density at radius 3 is 2.74 bits per heavy atom. The summed E-state index contributed by atoms with van der Waals surface area (Å²) >= 11 is 0. The minimum absolute atomic E-state index is 0. The Morgan fingerprint density at radius 2 is 2.03 bits per heavy atom. The van der Waals surface area contributed by atoms with Crippen LogP contribution in [-0.2, 0) is 12.8 Å². The number of carbonyl (C=O) groups is 1. The van der Waals surface area contributed by atoms with Crippen LogP contribution in [0.4, 0.5) is 10.5 Å². The van der Waals surface area contributed by atoms with Crippen molar-refractivity contribution in [3.63, 3.8) is 0 Å². The predicted molar refractivity (Wildman–Crippen MR) is 142 cm³/mol. The van der Waals surface area contributed by atoms with Gasteiger partial charge in [-0.1, -0.05) is 59.4 Å². The van der Waals surface area contributed by atoms with Crippen molar-refractivity contribution in [1.82, 2.24) is 4.98 Å². The Bertz CT molecular complexity index is 979. The maximum absolute atomic E-state index is 12.6. The first-order chi connectivity index (χ1) is 16.5. The summed E-state index contributed by atoms with van der Waals surface area (Å²) in [5, 5.41) is 2.85. The average Bonchev–Trinajstić information content (AvgIpc) is 3.26. The molecule has 2 aromatic rings. The van der Waals surface area contributed by atoms with E-state index in [1.165, 1.54) is 56.1 Å². The van der Waals surface area contributed by atoms with Crippen molar-refractivity contribution in [1.29, 1.82) is 0 Å². The third-order valence-electron chi connectivity index (χ3n) is 8.43. The molecule has 1 amide bonds. The van der Waals surface area contributed by atoms with Crippen LogP contribution in [0.25, 0.3) is 0 Å². The quantitative estimate of drug-likeness (QED) is 0.426. The lowest BCUT2D eigenvalue weighted by atomic mass is 9.60. The third kappa shape index (κ3) is 5.47. The molecule has 4 rings (SSSR count). The van der Waals surface area contributed by atoms with Gasteiger partial charge in [-0.15, -0.1) is 0 Å². The molecular weight excluding hydrogens is 420 g/mol. The molecular formula is C30H44N2O2. The van der Waals surface area contributed by atoms with Crippen molar-refractivity contribution >= 4 is 11.8 Å². The predicted octanol–water partition coefficient (Wildman–Crippen LogP) is 8.41. The van der Waals surface area contributed by atoms with Crippen molar-refractivity contribution in [2.75, 3.05) is 5.32 Å². The molecule has 186 valence electrons. The number of pyridine rings is 1. The highest BCUT2D eigenvalue weighted by Crippen LogP contribution is 2.52. The molecule has 1 saturated carbocycles. The van der Waals surface area contributed by atoms with E-state index in [0.717, 1.165) is 42.2 Å². The van der Waals surface area contributed by atoms with Gasteiger partial charge < -0.3 is 4.74 Å². The highest BCUT2D eigenvalue weighted by atomic mass is 16.6. The van der Waals surface area contributed by atoms with Crippen LogP contribution in [0.15, 0.2) is 36.5 Å². The van der Waals surface area contributed by atoms with Crippen molar-refractivity contribution in [2.45, 2.75) is 91.4 Å². The fourth-order valence-corrected chi connectivity index (χ4v) is 6.79. The Balaban J connectivity index is 0.00000342. The zero-order valence-corrected chi connectivity index (χ0v) is 21.5. The number of ether oxygens (including phenoxy) is 1. The number of fused-ring (bicyclic) bond motifs is 1. The van der Waals surface area contributed by atoms with E-state index in [-0.39, 0.29) is 1.43 Å². The first-order valence-corrected chi connectivity index (χ1v) is 13.6. The van der Waals surface area contributed by atoms with Crippen LogP contribution in [0, 0.1) is 23.7 Å². The summed E-state index contributed by atoms with van der Waals surface area (Å²) in [6, 6.07) is 10.1. The first kappa shape index (κ1) is 24.8. The van der Waals surface area contributed by atoms with Crippen molar-refractivity contribution in [3.8, 4) is 5.75 Å². The standard InChI is InChI=1S/C30H42N2O2.H2/c1-5-8-11-21-17-22-18-25(34-30(33)32-24-15-16-31-23(6-2)19-24)13-14-28(22)26(7-3)29(21)27-12-9-10-20(27)4;/h13-16,18-21,26-27,29H,5-12,17H2,1-4H3,(H,31,32,33);1H/t20?,21-,26-,27-,29-;/m1./s1. The summed E-state index contributed by atoms with van der Waals surface area (Å²) < 4.78 is 5.72. The summed E-state index contributed by atoms with van der Waals surface area (Å²) in [5.41, 5.74) is 4.54. The fraction of sp³-hybridized carbons (Fsp3) is 0.600. The number of nitrogens with one attached hydrogen (secondary N) is 1. The SMILES string of the molecule is CCCC[C@@H]1Cc2cc(OC(=O)Nc3ccnc(CC)c3)ccc2[C@@H](CC)[C@@H]1[C@@H]1CCCC1C.[HH]. The molecule has 0 spiro atoms. The maximum atomic E-state index is 12.6. The van der Waals surface area contributed by atoms with Gasteiger partial charge in [0.1, 0.15) is 5.75 Å². The van der Waals surface area contributed by atoms with Crippen LogP contribution < -0.4 is 10.1 Å². The summed E-state index contributed by atoms with van der Waals surface area (Å²) in [6.45, 7) is 9.20. The van der Waals surface area contributed by atoms with E-state index in [1.54, 1.807) is 12.3 Å². The molecule has 0 bridgehead atoms. The Morgan fingerprint density at radius 1 is 1.18 bits per heavy atom. The molecule has 5 atom stereocenters. The van der Waals surface area contributed by atoms with E-state index < -0.39 is 6.09 Å². The van der Waals surface area contributed by atoms with Gasteiger partial charge in [-0.25, -0.2) is 4.79 Å². The number of benzene rings is 1. The second kappa shape index (κ2) is 11.4. The molecule has 2 aliphatic rings. The monoisotopic (exact) mass is 464 g/mol. The zero-order chi connectivity index (χ0) is 24.1. The molecule has 34 heavy (non-hydrogen) atoms. The molecule has 4 heteroatoms. The fourth-order valence-electron chi connectivity index (χ4n) is 6.79. The number of hydrogen-bond acceptors (Lipinski definition) is 3. The van der Waals surface area contributed by atoms with Gasteiger partial charge >= 0.3 is 6.09 Å². The van der Waals surface area contributed by atoms with E-state index >= 15 is 0 Å². The van der Waals surface area contributed by atoms with Crippen molar-refractivity contribution in [2.24, 2.45) is 23.7 Å². The first-order valence-electron chi connectivity index (χ1n) is 13.6. The molecule has 1 fully saturated rings. The number of aromatic nitrogens is 1. The van der Waals surface area contributed by atoms with Crippen LogP contribution in [0.2, 0.25) is 0 Å². The van der Waals surface area contributed by atoms with Crippen LogP contribution in [0.3, 0.4) is 0 Å². The van der Waals surface area contributed by atoms with Gasteiger partial charge in [0.05, 0.1) is 0 Å². The van der Waals surface area contributed by atoms with E-state index in [4.69, 9.17) is 4.74 Å². The second-order valence-electron chi connectivity index (χ2n) is 10.5. The van der Waals surface area contributed by atoms with Gasteiger partial charge in [0, 0.05) is 19.0 Å². The number of aryl methyl sites for hydroxylation is 1. The molecule has 0 radical (unpaired) electrons. The maximum Gasteiger partial charge on any atom is 0.417 e. The van der Waals surface area contributed by atoms with E-state index in [9.17, 15) is 4.79 Å². The van der Waals surface area contributed by atoms with Crippen molar-refractivity contribution in [3.05, 3.63) is 53.3 Å². The molecule has 1 heterocycles. The van der Waals surface area contributed by atoms with Crippen molar-refractivity contribution < 1.29 is 11.0 Å². The summed E-state index contributed by atoms with van der Waals surface area (Å²) in [6.07, 6.45) is 12.5. The van der Waals surface area contributed by atoms with Crippen LogP contribution in [0.5, 0.6) is 5.75 Å². The molecule has 1 aromatic heterocycles. The number of carbonyl (C=O) groups excluding carboxylic acids is 1. The molecule has 0 saturated heterocycles. The van der Waals surface area contributed by atoms with Crippen LogP contribution in [-0.4, -0.2) is 11.1 Å². The molecule has 1 aromatic carbocycles. The molecule has 1 N–H and O–H groups in total. The zero-order valence-electron chi connectivity index (χ0n) is 21.5. The third-order valence-corrected chi connectivity index (χ3v) is 8.43. The average molecular weight is 465 g/mol. The van der Waals surface area contributed by atoms with Gasteiger partial charge in [0.2, 0.25) is 0 Å². The molecule has 0 aliphatic heterocycles. The highest BCUT2D eigenvalue weighted by Gasteiger charge is 2.43. The number of anilines is 1. The summed E-state index contributed by atoms with van der Waals surface area (Å²) in [5.74, 6) is 4.47. The molecule has 4 nitrogen and oxygen atoms in total. The summed E-state index contributed by atoms with van der Waals surface area (Å²) in [4.78, 5) is 16.9. The van der Waals surface area contributed by atoms with Gasteiger partial charge in [-0.05, 0) is 97.1 Å². The Hall–Kier alpha value is -2.36. The Labute approximate surface area is 207 Å². The second-order valence-corrected chi connectivity index (χ2v) is 10.5. The number of nitrogens with zero attached hydrogens (tertiary/aromatic N) is 1. The lowest BCUT2D eigenvalue weighted by Crippen LogP contribution is -2.36. The van der Waals surface area contributed by atoms with Crippen LogP contribution >= 0.6 is 0 Å². The summed E-state index contributed by atoms with van der Waals surface area (Å²) in [7, 11) is 0. The smallest absolute Gasteiger partial charge is 0.410 e. The lowest BCUT2D eigenvalue weighted by Gasteiger charge is -2.44. The highest BCUT2D eigenvalue weighted by molar-refractivity contribution is 5.86. The normalized spacial score (nSPS) is 26.2. The lowest BCUT2D eigenvalue weighted by molar-refractivity contribution is 0.130. The number of amides is 1. The van der Waals surface area contributed by atoms with E-state index in [2.05, 4.69) is 43.2 Å².